The maximum atomic E-state index is 11.9. The lowest BCUT2D eigenvalue weighted by Crippen LogP contribution is -2.06. The Morgan fingerprint density at radius 3 is 2.67 bits per heavy atom. The molecule has 0 saturated heterocycles. The van der Waals surface area contributed by atoms with Crippen LogP contribution in [0.3, 0.4) is 0 Å². The zero-order valence-corrected chi connectivity index (χ0v) is 13.5. The first-order valence-corrected chi connectivity index (χ1v) is 9.42. The predicted molar refractivity (Wildman–Crippen MR) is 83.5 cm³/mol. The fourth-order valence-corrected chi connectivity index (χ4v) is 4.31. The summed E-state index contributed by atoms with van der Waals surface area (Å²) in [6.45, 7) is 0.829. The average molecular weight is 328 g/mol. The van der Waals surface area contributed by atoms with Crippen LogP contribution in [0.1, 0.15) is 25.7 Å². The van der Waals surface area contributed by atoms with Gasteiger partial charge in [-0.25, -0.2) is 8.42 Å². The van der Waals surface area contributed by atoms with E-state index >= 15 is 0 Å². The third-order valence-electron chi connectivity index (χ3n) is 4.25. The molecule has 21 heavy (non-hydrogen) atoms. The van der Waals surface area contributed by atoms with Crippen molar-refractivity contribution in [1.29, 1.82) is 0 Å². The first kappa shape index (κ1) is 14.7. The second kappa shape index (κ2) is 5.54. The molecule has 0 amide bonds. The summed E-state index contributed by atoms with van der Waals surface area (Å²) in [5.74, 6) is 1.15. The molecular formula is C15H18ClNO3S. The van der Waals surface area contributed by atoms with Crippen LogP contribution in [0, 0.1) is 5.92 Å². The highest BCUT2D eigenvalue weighted by Crippen LogP contribution is 2.36. The molecule has 0 spiro atoms. The van der Waals surface area contributed by atoms with Crippen LogP contribution in [0.15, 0.2) is 29.3 Å². The Labute approximate surface area is 129 Å². The molecule has 0 bridgehead atoms. The first-order chi connectivity index (χ1) is 10.0. The van der Waals surface area contributed by atoms with Crippen LogP contribution < -0.4 is 4.74 Å². The Bertz CT molecular complexity index is 761. The summed E-state index contributed by atoms with van der Waals surface area (Å²) in [6.07, 6.45) is 6.56. The van der Waals surface area contributed by atoms with Crippen molar-refractivity contribution in [1.82, 2.24) is 4.57 Å². The summed E-state index contributed by atoms with van der Waals surface area (Å²) in [5, 5.41) is 0.577. The van der Waals surface area contributed by atoms with E-state index in [9.17, 15) is 8.42 Å². The number of nitrogens with zero attached hydrogens (tertiary/aromatic N) is 1. The van der Waals surface area contributed by atoms with Crippen LogP contribution in [-0.4, -0.2) is 20.1 Å². The second-order valence-corrected chi connectivity index (χ2v) is 8.12. The lowest BCUT2D eigenvalue weighted by atomic mass is 10.1. The number of rotatable bonds is 4. The molecule has 0 atom stereocenters. The molecule has 1 aliphatic carbocycles. The van der Waals surface area contributed by atoms with E-state index < -0.39 is 9.05 Å². The number of aromatic nitrogens is 1. The Hall–Kier alpha value is -1.20. The molecule has 3 rings (SSSR count). The summed E-state index contributed by atoms with van der Waals surface area (Å²) in [6, 6.07) is 5.54. The van der Waals surface area contributed by atoms with Crippen LogP contribution in [0.2, 0.25) is 0 Å². The van der Waals surface area contributed by atoms with E-state index in [0.29, 0.717) is 17.1 Å². The molecule has 6 heteroatoms. The maximum absolute atomic E-state index is 11.9. The summed E-state index contributed by atoms with van der Waals surface area (Å²) < 4.78 is 31.0. The number of halogens is 1. The molecular weight excluding hydrogens is 310 g/mol. The molecule has 114 valence electrons. The van der Waals surface area contributed by atoms with Gasteiger partial charge in [0.1, 0.15) is 10.6 Å². The molecule has 1 saturated carbocycles. The van der Waals surface area contributed by atoms with E-state index in [4.69, 9.17) is 15.4 Å². The van der Waals surface area contributed by atoms with Gasteiger partial charge in [-0.15, -0.1) is 0 Å². The van der Waals surface area contributed by atoms with Crippen molar-refractivity contribution in [3.8, 4) is 5.75 Å². The summed E-state index contributed by atoms with van der Waals surface area (Å²) in [4.78, 5) is 0.134. The van der Waals surface area contributed by atoms with Crippen molar-refractivity contribution >= 4 is 30.6 Å². The zero-order chi connectivity index (χ0) is 15.0. The van der Waals surface area contributed by atoms with Crippen molar-refractivity contribution < 1.29 is 13.2 Å². The van der Waals surface area contributed by atoms with E-state index in [1.807, 2.05) is 16.7 Å². The Morgan fingerprint density at radius 1 is 1.33 bits per heavy atom. The lowest BCUT2D eigenvalue weighted by molar-refractivity contribution is 0.419. The van der Waals surface area contributed by atoms with Gasteiger partial charge in [0.25, 0.3) is 9.05 Å². The highest BCUT2D eigenvalue weighted by Gasteiger charge is 2.23. The normalized spacial score (nSPS) is 16.7. The molecule has 0 N–H and O–H groups in total. The second-order valence-electron chi connectivity index (χ2n) is 5.59. The first-order valence-electron chi connectivity index (χ1n) is 7.11. The highest BCUT2D eigenvalue weighted by atomic mass is 35.7. The topological polar surface area (TPSA) is 48.3 Å². The Kier molecular flexibility index (Phi) is 3.88. The Balaban J connectivity index is 2.17. The summed E-state index contributed by atoms with van der Waals surface area (Å²) in [5.41, 5.74) is 0.862. The molecule has 1 aromatic heterocycles. The van der Waals surface area contributed by atoms with Crippen LogP contribution in [-0.2, 0) is 15.6 Å². The van der Waals surface area contributed by atoms with Crippen molar-refractivity contribution in [2.24, 2.45) is 5.92 Å². The van der Waals surface area contributed by atoms with E-state index in [-0.39, 0.29) is 4.90 Å². The SMILES string of the molecule is COc1cccc2c1c(S(=O)(=O)Cl)cn2CC1CCCC1. The fourth-order valence-electron chi connectivity index (χ4n) is 3.26. The van der Waals surface area contributed by atoms with Gasteiger partial charge >= 0.3 is 0 Å². The number of benzene rings is 1. The number of hydrogen-bond donors (Lipinski definition) is 0. The molecule has 4 nitrogen and oxygen atoms in total. The van der Waals surface area contributed by atoms with Gasteiger partial charge in [0.2, 0.25) is 0 Å². The minimum atomic E-state index is -3.80. The van der Waals surface area contributed by atoms with Crippen molar-refractivity contribution in [3.05, 3.63) is 24.4 Å². The van der Waals surface area contributed by atoms with Crippen LogP contribution in [0.4, 0.5) is 0 Å². The fraction of sp³-hybridized carbons (Fsp3) is 0.467. The van der Waals surface area contributed by atoms with Gasteiger partial charge in [-0.3, -0.25) is 0 Å². The average Bonchev–Trinajstić information content (AvgIpc) is 3.06. The van der Waals surface area contributed by atoms with Crippen LogP contribution >= 0.6 is 10.7 Å². The minimum Gasteiger partial charge on any atom is -0.496 e. The van der Waals surface area contributed by atoms with Gasteiger partial charge < -0.3 is 9.30 Å². The Morgan fingerprint density at radius 2 is 2.05 bits per heavy atom. The van der Waals surface area contributed by atoms with Gasteiger partial charge in [0.05, 0.1) is 18.0 Å². The molecule has 0 unspecified atom stereocenters. The highest BCUT2D eigenvalue weighted by molar-refractivity contribution is 8.14. The van der Waals surface area contributed by atoms with Crippen molar-refractivity contribution in [3.63, 3.8) is 0 Å². The van der Waals surface area contributed by atoms with E-state index in [2.05, 4.69) is 0 Å². The summed E-state index contributed by atoms with van der Waals surface area (Å²) >= 11 is 0. The number of methoxy groups -OCH3 is 1. The van der Waals surface area contributed by atoms with Crippen molar-refractivity contribution in [2.75, 3.05) is 7.11 Å². The number of fused-ring (bicyclic) bond motifs is 1. The third-order valence-corrected chi connectivity index (χ3v) is 5.58. The number of ether oxygens (including phenoxy) is 1. The number of hydrogen-bond acceptors (Lipinski definition) is 3. The van der Waals surface area contributed by atoms with Gasteiger partial charge in [-0.2, -0.15) is 0 Å². The van der Waals surface area contributed by atoms with Crippen LogP contribution in [0.5, 0.6) is 5.75 Å². The van der Waals surface area contributed by atoms with E-state index in [1.54, 1.807) is 12.3 Å². The maximum Gasteiger partial charge on any atom is 0.263 e. The van der Waals surface area contributed by atoms with Gasteiger partial charge in [-0.05, 0) is 30.9 Å². The van der Waals surface area contributed by atoms with Gasteiger partial charge in [0.15, 0.2) is 0 Å². The lowest BCUT2D eigenvalue weighted by Gasteiger charge is -2.11. The summed E-state index contributed by atoms with van der Waals surface area (Å²) in [7, 11) is 3.33. The standard InChI is InChI=1S/C15H18ClNO3S/c1-20-13-8-4-7-12-15(13)14(21(16,18)19)10-17(12)9-11-5-2-3-6-11/h4,7-8,10-11H,2-3,5-6,9H2,1H3. The third kappa shape index (κ3) is 2.77. The molecule has 0 radical (unpaired) electrons. The van der Waals surface area contributed by atoms with E-state index in [1.165, 1.54) is 32.8 Å². The van der Waals surface area contributed by atoms with Gasteiger partial charge in [0, 0.05) is 23.4 Å². The molecule has 0 aliphatic heterocycles. The molecule has 1 heterocycles. The van der Waals surface area contributed by atoms with Crippen LogP contribution in [0.25, 0.3) is 10.9 Å². The molecule has 1 aromatic carbocycles. The predicted octanol–water partition coefficient (Wildman–Crippen LogP) is 3.77. The molecule has 1 fully saturated rings. The minimum absolute atomic E-state index is 0.134. The smallest absolute Gasteiger partial charge is 0.263 e. The van der Waals surface area contributed by atoms with Crippen molar-refractivity contribution in [2.45, 2.75) is 37.1 Å². The zero-order valence-electron chi connectivity index (χ0n) is 11.9. The molecule has 1 aliphatic rings. The van der Waals surface area contributed by atoms with E-state index in [0.717, 1.165) is 12.1 Å². The largest absolute Gasteiger partial charge is 0.496 e. The monoisotopic (exact) mass is 327 g/mol. The van der Waals surface area contributed by atoms with Gasteiger partial charge in [-0.1, -0.05) is 18.9 Å². The molecule has 2 aromatic rings. The quantitative estimate of drug-likeness (QED) is 0.803.